The van der Waals surface area contributed by atoms with E-state index >= 15 is 0 Å². The third kappa shape index (κ3) is 2.71. The molecule has 0 spiro atoms. The van der Waals surface area contributed by atoms with Crippen LogP contribution in [0.25, 0.3) is 0 Å². The van der Waals surface area contributed by atoms with E-state index in [1.54, 1.807) is 0 Å². The fourth-order valence-corrected chi connectivity index (χ4v) is 2.86. The molecule has 3 heteroatoms. The molecule has 114 valence electrons. The van der Waals surface area contributed by atoms with Crippen molar-refractivity contribution in [2.45, 2.75) is 20.3 Å². The molecule has 0 atom stereocenters. The van der Waals surface area contributed by atoms with Gasteiger partial charge < -0.3 is 9.47 Å². The second-order valence-corrected chi connectivity index (χ2v) is 5.13. The summed E-state index contributed by atoms with van der Waals surface area (Å²) in [6, 6.07) is 14.4. The molecular weight excluding hydrogens is 274 g/mol. The second kappa shape index (κ2) is 6.65. The summed E-state index contributed by atoms with van der Waals surface area (Å²) >= 11 is 0. The van der Waals surface area contributed by atoms with Crippen molar-refractivity contribution >= 4 is 5.71 Å². The van der Waals surface area contributed by atoms with Gasteiger partial charge in [-0.3, -0.25) is 4.99 Å². The van der Waals surface area contributed by atoms with Gasteiger partial charge in [-0.2, -0.15) is 0 Å². The first kappa shape index (κ1) is 14.6. The molecule has 0 unspecified atom stereocenters. The lowest BCUT2D eigenvalue weighted by Gasteiger charge is -2.22. The average molecular weight is 295 g/mol. The zero-order chi connectivity index (χ0) is 15.4. The summed E-state index contributed by atoms with van der Waals surface area (Å²) in [5.41, 5.74) is 4.56. The van der Waals surface area contributed by atoms with E-state index in [9.17, 15) is 0 Å². The summed E-state index contributed by atoms with van der Waals surface area (Å²) in [5, 5.41) is 0. The minimum absolute atomic E-state index is 0.633. The highest BCUT2D eigenvalue weighted by Crippen LogP contribution is 2.37. The maximum Gasteiger partial charge on any atom is 0.165 e. The van der Waals surface area contributed by atoms with Crippen molar-refractivity contribution in [3.63, 3.8) is 0 Å². The van der Waals surface area contributed by atoms with Gasteiger partial charge in [-0.05, 0) is 32.4 Å². The van der Waals surface area contributed by atoms with Crippen molar-refractivity contribution in [3.8, 4) is 11.5 Å². The number of aliphatic imine (C=N–C) groups is 1. The summed E-state index contributed by atoms with van der Waals surface area (Å²) in [5.74, 6) is 1.71. The van der Waals surface area contributed by atoms with Crippen molar-refractivity contribution in [3.05, 3.63) is 59.2 Å². The molecule has 2 aromatic carbocycles. The Morgan fingerprint density at radius 3 is 2.45 bits per heavy atom. The minimum Gasteiger partial charge on any atom is -0.490 e. The summed E-state index contributed by atoms with van der Waals surface area (Å²) in [6.45, 7) is 6.05. The molecule has 0 saturated carbocycles. The number of fused-ring (bicyclic) bond motifs is 1. The molecule has 22 heavy (non-hydrogen) atoms. The van der Waals surface area contributed by atoms with Crippen LogP contribution in [0.1, 0.15) is 30.5 Å². The first-order valence-corrected chi connectivity index (χ1v) is 7.86. The third-order valence-corrected chi connectivity index (χ3v) is 3.75. The van der Waals surface area contributed by atoms with Gasteiger partial charge in [0.25, 0.3) is 0 Å². The second-order valence-electron chi connectivity index (χ2n) is 5.13. The Morgan fingerprint density at radius 2 is 1.73 bits per heavy atom. The molecule has 3 rings (SSSR count). The quantitative estimate of drug-likeness (QED) is 0.838. The van der Waals surface area contributed by atoms with E-state index in [0.29, 0.717) is 13.2 Å². The van der Waals surface area contributed by atoms with Gasteiger partial charge >= 0.3 is 0 Å². The van der Waals surface area contributed by atoms with E-state index in [1.165, 1.54) is 5.56 Å². The van der Waals surface area contributed by atoms with Crippen molar-refractivity contribution in [2.24, 2.45) is 4.99 Å². The van der Waals surface area contributed by atoms with Gasteiger partial charge in [0.2, 0.25) is 0 Å². The lowest BCUT2D eigenvalue weighted by atomic mass is 9.92. The Hall–Kier alpha value is -2.29. The lowest BCUT2D eigenvalue weighted by Crippen LogP contribution is -2.16. The van der Waals surface area contributed by atoms with Crippen LogP contribution in [-0.4, -0.2) is 25.5 Å². The fourth-order valence-electron chi connectivity index (χ4n) is 2.86. The van der Waals surface area contributed by atoms with Crippen molar-refractivity contribution in [1.29, 1.82) is 0 Å². The predicted molar refractivity (Wildman–Crippen MR) is 89.4 cm³/mol. The maximum atomic E-state index is 5.89. The molecule has 0 bridgehead atoms. The SMILES string of the molecule is CCOc1ccc2c(c1OCC)CCN=C2c1ccccc1. The van der Waals surface area contributed by atoms with Gasteiger partial charge in [0, 0.05) is 23.2 Å². The maximum absolute atomic E-state index is 5.89. The number of benzene rings is 2. The molecule has 0 N–H and O–H groups in total. The van der Waals surface area contributed by atoms with E-state index in [-0.39, 0.29) is 0 Å². The van der Waals surface area contributed by atoms with Gasteiger partial charge in [-0.1, -0.05) is 30.3 Å². The Labute approximate surface area is 131 Å². The van der Waals surface area contributed by atoms with E-state index in [1.807, 2.05) is 38.1 Å². The van der Waals surface area contributed by atoms with Crippen LogP contribution in [0.4, 0.5) is 0 Å². The first-order valence-electron chi connectivity index (χ1n) is 7.86. The summed E-state index contributed by atoms with van der Waals surface area (Å²) < 4.78 is 11.6. The van der Waals surface area contributed by atoms with E-state index < -0.39 is 0 Å². The van der Waals surface area contributed by atoms with Crippen LogP contribution < -0.4 is 9.47 Å². The van der Waals surface area contributed by atoms with Crippen LogP contribution in [0.3, 0.4) is 0 Å². The Kier molecular flexibility index (Phi) is 4.42. The molecule has 0 fully saturated rings. The standard InChI is InChI=1S/C19H21NO2/c1-3-21-17-11-10-15-16(19(17)22-4-2)12-13-20-18(15)14-8-6-5-7-9-14/h5-11H,3-4,12-13H2,1-2H3. The van der Waals surface area contributed by atoms with Gasteiger partial charge in [0.15, 0.2) is 11.5 Å². The highest BCUT2D eigenvalue weighted by molar-refractivity contribution is 6.14. The smallest absolute Gasteiger partial charge is 0.165 e. The van der Waals surface area contributed by atoms with Gasteiger partial charge in [0.05, 0.1) is 18.9 Å². The molecule has 0 radical (unpaired) electrons. The molecule has 0 aromatic heterocycles. The normalized spacial score (nSPS) is 13.3. The van der Waals surface area contributed by atoms with E-state index in [4.69, 9.17) is 14.5 Å². The summed E-state index contributed by atoms with van der Waals surface area (Å²) in [6.07, 6.45) is 0.891. The molecule has 1 aliphatic rings. The van der Waals surface area contributed by atoms with E-state index in [2.05, 4.69) is 18.2 Å². The van der Waals surface area contributed by atoms with Gasteiger partial charge in [-0.15, -0.1) is 0 Å². The number of hydrogen-bond donors (Lipinski definition) is 0. The molecule has 0 amide bonds. The Balaban J connectivity index is 2.10. The molecule has 1 heterocycles. The number of hydrogen-bond acceptors (Lipinski definition) is 3. The van der Waals surface area contributed by atoms with Crippen molar-refractivity contribution < 1.29 is 9.47 Å². The van der Waals surface area contributed by atoms with Crippen LogP contribution >= 0.6 is 0 Å². The highest BCUT2D eigenvalue weighted by Gasteiger charge is 2.22. The molecule has 0 saturated heterocycles. The fraction of sp³-hybridized carbons (Fsp3) is 0.316. The largest absolute Gasteiger partial charge is 0.490 e. The van der Waals surface area contributed by atoms with Crippen LogP contribution in [-0.2, 0) is 6.42 Å². The number of nitrogens with zero attached hydrogens (tertiary/aromatic N) is 1. The molecule has 2 aromatic rings. The minimum atomic E-state index is 0.633. The molecular formula is C19H21NO2. The Bertz CT molecular complexity index is 677. The van der Waals surface area contributed by atoms with E-state index in [0.717, 1.165) is 41.3 Å². The topological polar surface area (TPSA) is 30.8 Å². The predicted octanol–water partition coefficient (Wildman–Crippen LogP) is 3.88. The lowest BCUT2D eigenvalue weighted by molar-refractivity contribution is 0.285. The zero-order valence-corrected chi connectivity index (χ0v) is 13.1. The van der Waals surface area contributed by atoms with Crippen molar-refractivity contribution in [1.82, 2.24) is 0 Å². The van der Waals surface area contributed by atoms with Crippen molar-refractivity contribution in [2.75, 3.05) is 19.8 Å². The molecule has 1 aliphatic heterocycles. The van der Waals surface area contributed by atoms with Crippen LogP contribution in [0.5, 0.6) is 11.5 Å². The summed E-state index contributed by atoms with van der Waals surface area (Å²) in [7, 11) is 0. The zero-order valence-electron chi connectivity index (χ0n) is 13.1. The monoisotopic (exact) mass is 295 g/mol. The van der Waals surface area contributed by atoms with Gasteiger partial charge in [0.1, 0.15) is 0 Å². The van der Waals surface area contributed by atoms with Crippen LogP contribution in [0.2, 0.25) is 0 Å². The van der Waals surface area contributed by atoms with Crippen LogP contribution in [0, 0.1) is 0 Å². The third-order valence-electron chi connectivity index (χ3n) is 3.75. The number of ether oxygens (including phenoxy) is 2. The summed E-state index contributed by atoms with van der Waals surface area (Å²) in [4.78, 5) is 4.74. The average Bonchev–Trinajstić information content (AvgIpc) is 2.57. The number of rotatable bonds is 5. The molecule has 0 aliphatic carbocycles. The van der Waals surface area contributed by atoms with Gasteiger partial charge in [-0.25, -0.2) is 0 Å². The molecule has 3 nitrogen and oxygen atoms in total. The highest BCUT2D eigenvalue weighted by atomic mass is 16.5. The Morgan fingerprint density at radius 1 is 0.955 bits per heavy atom. The first-order chi connectivity index (χ1) is 10.8. The van der Waals surface area contributed by atoms with Crippen LogP contribution in [0.15, 0.2) is 47.5 Å².